The van der Waals surface area contributed by atoms with Gasteiger partial charge in [-0.15, -0.1) is 0 Å². The van der Waals surface area contributed by atoms with Crippen LogP contribution in [-0.2, 0) is 16.1 Å². The molecule has 0 bridgehead atoms. The van der Waals surface area contributed by atoms with Crippen LogP contribution in [-0.4, -0.2) is 17.7 Å². The number of aryl methyl sites for hydroxylation is 1. The lowest BCUT2D eigenvalue weighted by atomic mass is 9.87. The molecule has 128 valence electrons. The van der Waals surface area contributed by atoms with Crippen molar-refractivity contribution in [3.63, 3.8) is 0 Å². The molecule has 0 aromatic heterocycles. The summed E-state index contributed by atoms with van der Waals surface area (Å²) in [6.07, 6.45) is 2.72. The summed E-state index contributed by atoms with van der Waals surface area (Å²) in [4.78, 5) is 17.9. The summed E-state index contributed by atoms with van der Waals surface area (Å²) in [6.45, 7) is 0. The molecule has 1 aliphatic carbocycles. The molecule has 0 fully saturated rings. The lowest BCUT2D eigenvalue weighted by Crippen LogP contribution is -2.38. The van der Waals surface area contributed by atoms with Crippen LogP contribution in [0.4, 0.5) is 4.39 Å². The summed E-state index contributed by atoms with van der Waals surface area (Å²) >= 11 is 0. The zero-order valence-corrected chi connectivity index (χ0v) is 13.7. The Bertz CT molecular complexity index is 834. The van der Waals surface area contributed by atoms with Gasteiger partial charge in [-0.3, -0.25) is 4.79 Å². The third kappa shape index (κ3) is 3.27. The van der Waals surface area contributed by atoms with Crippen molar-refractivity contribution in [3.8, 4) is 0 Å². The van der Waals surface area contributed by atoms with Crippen molar-refractivity contribution >= 4 is 11.6 Å². The summed E-state index contributed by atoms with van der Waals surface area (Å²) in [6, 6.07) is 14.4. The molecule has 4 nitrogen and oxygen atoms in total. The molecule has 2 aliphatic rings. The van der Waals surface area contributed by atoms with E-state index in [2.05, 4.69) is 22.6 Å². The number of fused-ring (bicyclic) bond motifs is 1. The quantitative estimate of drug-likeness (QED) is 0.931. The molecule has 2 unspecified atom stereocenters. The van der Waals surface area contributed by atoms with E-state index >= 15 is 0 Å². The molecule has 2 aromatic carbocycles. The maximum Gasteiger partial charge on any atom is 0.264 e. The van der Waals surface area contributed by atoms with Gasteiger partial charge >= 0.3 is 0 Å². The number of oxime groups is 1. The topological polar surface area (TPSA) is 50.7 Å². The van der Waals surface area contributed by atoms with Crippen molar-refractivity contribution < 1.29 is 14.0 Å². The second kappa shape index (κ2) is 6.67. The second-order valence-corrected chi connectivity index (χ2v) is 6.50. The third-order valence-electron chi connectivity index (χ3n) is 4.81. The van der Waals surface area contributed by atoms with Gasteiger partial charge in [0.15, 0.2) is 0 Å². The molecular weight excluding hydrogens is 319 g/mol. The van der Waals surface area contributed by atoms with Crippen LogP contribution < -0.4 is 5.32 Å². The molecule has 0 saturated heterocycles. The first-order valence-corrected chi connectivity index (χ1v) is 8.57. The van der Waals surface area contributed by atoms with Gasteiger partial charge in [0.2, 0.25) is 6.10 Å². The fraction of sp³-hybridized carbons (Fsp3) is 0.300. The molecule has 4 rings (SSSR count). The molecule has 1 N–H and O–H groups in total. The summed E-state index contributed by atoms with van der Waals surface area (Å²) < 4.78 is 13.4. The zero-order valence-electron chi connectivity index (χ0n) is 13.7. The maximum atomic E-state index is 13.4. The Morgan fingerprint density at radius 2 is 2.08 bits per heavy atom. The zero-order chi connectivity index (χ0) is 17.2. The van der Waals surface area contributed by atoms with E-state index in [0.29, 0.717) is 17.7 Å². The minimum absolute atomic E-state index is 0.0132. The predicted octanol–water partition coefficient (Wildman–Crippen LogP) is 3.51. The molecule has 2 atom stereocenters. The highest BCUT2D eigenvalue weighted by molar-refractivity contribution is 6.04. The van der Waals surface area contributed by atoms with Crippen molar-refractivity contribution in [2.45, 2.75) is 37.8 Å². The molecule has 0 radical (unpaired) electrons. The Hall–Kier alpha value is -2.69. The lowest BCUT2D eigenvalue weighted by Gasteiger charge is -2.27. The van der Waals surface area contributed by atoms with Gasteiger partial charge in [0, 0.05) is 12.0 Å². The minimum atomic E-state index is -0.660. The molecule has 0 spiro atoms. The molecule has 25 heavy (non-hydrogen) atoms. The van der Waals surface area contributed by atoms with E-state index in [1.54, 1.807) is 12.1 Å². The first-order valence-electron chi connectivity index (χ1n) is 8.57. The summed E-state index contributed by atoms with van der Waals surface area (Å²) in [5.74, 6) is -0.497. The van der Waals surface area contributed by atoms with Crippen LogP contribution in [0.3, 0.4) is 0 Å². The van der Waals surface area contributed by atoms with E-state index in [4.69, 9.17) is 4.84 Å². The van der Waals surface area contributed by atoms with Crippen molar-refractivity contribution in [2.75, 3.05) is 0 Å². The molecular formula is C20H19FN2O2. The Balaban J connectivity index is 1.42. The first-order chi connectivity index (χ1) is 12.2. The third-order valence-corrected chi connectivity index (χ3v) is 4.81. The second-order valence-electron chi connectivity index (χ2n) is 6.50. The van der Waals surface area contributed by atoms with Crippen molar-refractivity contribution in [2.24, 2.45) is 5.16 Å². The number of halogens is 1. The van der Waals surface area contributed by atoms with E-state index in [1.165, 1.54) is 23.3 Å². The smallest absolute Gasteiger partial charge is 0.264 e. The highest BCUT2D eigenvalue weighted by Gasteiger charge is 2.31. The van der Waals surface area contributed by atoms with Crippen LogP contribution in [0.5, 0.6) is 0 Å². The predicted molar refractivity (Wildman–Crippen MR) is 92.7 cm³/mol. The van der Waals surface area contributed by atoms with E-state index in [-0.39, 0.29) is 17.8 Å². The SMILES string of the molecule is O=C(NC1CCCc2ccccc21)C1CC(c2cccc(F)c2)=NO1. The van der Waals surface area contributed by atoms with Crippen LogP contribution in [0, 0.1) is 5.82 Å². The lowest BCUT2D eigenvalue weighted by molar-refractivity contribution is -0.132. The number of carbonyl (C=O) groups excluding carboxylic acids is 1. The fourth-order valence-electron chi connectivity index (χ4n) is 3.53. The van der Waals surface area contributed by atoms with Crippen LogP contribution in [0.1, 0.15) is 42.0 Å². The van der Waals surface area contributed by atoms with Gasteiger partial charge in [0.1, 0.15) is 5.82 Å². The average Bonchev–Trinajstić information content (AvgIpc) is 3.12. The Morgan fingerprint density at radius 1 is 1.20 bits per heavy atom. The molecule has 0 saturated carbocycles. The first kappa shape index (κ1) is 15.8. The van der Waals surface area contributed by atoms with Crippen molar-refractivity contribution in [3.05, 3.63) is 71.0 Å². The number of rotatable bonds is 3. The number of carbonyl (C=O) groups is 1. The molecule has 1 aliphatic heterocycles. The number of benzene rings is 2. The van der Waals surface area contributed by atoms with Crippen LogP contribution in [0.25, 0.3) is 0 Å². The maximum absolute atomic E-state index is 13.4. The van der Waals surface area contributed by atoms with Crippen LogP contribution in [0.15, 0.2) is 53.7 Å². The van der Waals surface area contributed by atoms with E-state index in [9.17, 15) is 9.18 Å². The number of nitrogens with one attached hydrogen (secondary N) is 1. The van der Waals surface area contributed by atoms with E-state index in [0.717, 1.165) is 19.3 Å². The summed E-state index contributed by atoms with van der Waals surface area (Å²) in [5, 5.41) is 7.07. The van der Waals surface area contributed by atoms with Gasteiger partial charge in [-0.25, -0.2) is 4.39 Å². The largest absolute Gasteiger partial charge is 0.382 e. The minimum Gasteiger partial charge on any atom is -0.382 e. The normalized spacial score (nSPS) is 21.9. The standard InChI is InChI=1S/C20H19FN2O2/c21-15-8-3-7-14(11-15)18-12-19(25-23-18)20(24)22-17-10-4-6-13-5-1-2-9-16(13)17/h1-3,5,7-9,11,17,19H,4,6,10,12H2,(H,22,24). The van der Waals surface area contributed by atoms with Gasteiger partial charge in [0.25, 0.3) is 5.91 Å². The van der Waals surface area contributed by atoms with Crippen molar-refractivity contribution in [1.82, 2.24) is 5.32 Å². The Labute approximate surface area is 145 Å². The van der Waals surface area contributed by atoms with Crippen LogP contribution >= 0.6 is 0 Å². The van der Waals surface area contributed by atoms with Crippen molar-refractivity contribution in [1.29, 1.82) is 0 Å². The summed E-state index contributed by atoms with van der Waals surface area (Å²) in [7, 11) is 0. The Morgan fingerprint density at radius 3 is 2.96 bits per heavy atom. The number of hydrogen-bond acceptors (Lipinski definition) is 3. The number of amides is 1. The molecule has 1 heterocycles. The van der Waals surface area contributed by atoms with Crippen LogP contribution in [0.2, 0.25) is 0 Å². The van der Waals surface area contributed by atoms with E-state index in [1.807, 2.05) is 12.1 Å². The highest BCUT2D eigenvalue weighted by atomic mass is 19.1. The molecule has 1 amide bonds. The van der Waals surface area contributed by atoms with E-state index < -0.39 is 6.10 Å². The highest BCUT2D eigenvalue weighted by Crippen LogP contribution is 2.30. The van der Waals surface area contributed by atoms with Gasteiger partial charge in [0.05, 0.1) is 11.8 Å². The molecule has 5 heteroatoms. The average molecular weight is 338 g/mol. The van der Waals surface area contributed by atoms with Gasteiger partial charge in [-0.2, -0.15) is 0 Å². The molecule has 2 aromatic rings. The van der Waals surface area contributed by atoms with Gasteiger partial charge in [-0.05, 0) is 42.5 Å². The van der Waals surface area contributed by atoms with Gasteiger partial charge < -0.3 is 10.2 Å². The summed E-state index contributed by atoms with van der Waals surface area (Å²) in [5.41, 5.74) is 3.73. The Kier molecular flexibility index (Phi) is 4.22. The number of nitrogens with zero attached hydrogens (tertiary/aromatic N) is 1. The monoisotopic (exact) mass is 338 g/mol. The fourth-order valence-corrected chi connectivity index (χ4v) is 3.53. The number of hydrogen-bond donors (Lipinski definition) is 1. The van der Waals surface area contributed by atoms with Gasteiger partial charge in [-0.1, -0.05) is 41.6 Å².